The molecule has 1 heterocycles. The molecule has 1 aliphatic heterocycles. The van der Waals surface area contributed by atoms with Gasteiger partial charge in [0.2, 0.25) is 0 Å². The van der Waals surface area contributed by atoms with E-state index in [1.54, 1.807) is 7.11 Å². The fraction of sp³-hybridized carbons (Fsp3) is 1.00. The SMILES string of the molecule is COCC(C)OCC(O)CN1CCC(CCO)C1. The van der Waals surface area contributed by atoms with Gasteiger partial charge in [0.05, 0.1) is 25.4 Å². The molecular formula is C13H27NO4. The molecule has 3 atom stereocenters. The number of methoxy groups -OCH3 is 1. The zero-order chi connectivity index (χ0) is 13.4. The summed E-state index contributed by atoms with van der Waals surface area (Å²) in [6.45, 7) is 5.74. The number of hydrogen-bond donors (Lipinski definition) is 2. The molecule has 2 N–H and O–H groups in total. The van der Waals surface area contributed by atoms with Gasteiger partial charge in [-0.25, -0.2) is 0 Å². The van der Waals surface area contributed by atoms with E-state index >= 15 is 0 Å². The van der Waals surface area contributed by atoms with Crippen molar-refractivity contribution in [2.45, 2.75) is 32.0 Å². The van der Waals surface area contributed by atoms with E-state index in [2.05, 4.69) is 4.90 Å². The second-order valence-corrected chi connectivity index (χ2v) is 5.18. The summed E-state index contributed by atoms with van der Waals surface area (Å²) in [6, 6.07) is 0. The third-order valence-electron chi connectivity index (χ3n) is 3.35. The number of rotatable bonds is 9. The second kappa shape index (κ2) is 8.82. The molecular weight excluding hydrogens is 234 g/mol. The number of nitrogens with zero attached hydrogens (tertiary/aromatic N) is 1. The number of ether oxygens (including phenoxy) is 2. The molecule has 0 amide bonds. The van der Waals surface area contributed by atoms with Crippen molar-refractivity contribution in [3.8, 4) is 0 Å². The first-order chi connectivity index (χ1) is 8.65. The van der Waals surface area contributed by atoms with E-state index < -0.39 is 6.10 Å². The Morgan fingerprint density at radius 2 is 2.17 bits per heavy atom. The van der Waals surface area contributed by atoms with Crippen LogP contribution in [0, 0.1) is 5.92 Å². The van der Waals surface area contributed by atoms with Crippen molar-refractivity contribution in [2.24, 2.45) is 5.92 Å². The summed E-state index contributed by atoms with van der Waals surface area (Å²) in [5.74, 6) is 0.579. The minimum atomic E-state index is -0.447. The van der Waals surface area contributed by atoms with Gasteiger partial charge >= 0.3 is 0 Å². The van der Waals surface area contributed by atoms with Crippen molar-refractivity contribution in [1.29, 1.82) is 0 Å². The zero-order valence-electron chi connectivity index (χ0n) is 11.5. The summed E-state index contributed by atoms with van der Waals surface area (Å²) < 4.78 is 10.5. The highest BCUT2D eigenvalue weighted by Gasteiger charge is 2.23. The minimum absolute atomic E-state index is 0.0189. The monoisotopic (exact) mass is 261 g/mol. The zero-order valence-corrected chi connectivity index (χ0v) is 11.5. The minimum Gasteiger partial charge on any atom is -0.396 e. The maximum absolute atomic E-state index is 9.89. The Labute approximate surface area is 110 Å². The van der Waals surface area contributed by atoms with E-state index in [4.69, 9.17) is 14.6 Å². The molecule has 1 aliphatic rings. The smallest absolute Gasteiger partial charge is 0.0900 e. The number of aliphatic hydroxyl groups excluding tert-OH is 2. The number of likely N-dealkylation sites (tertiary alicyclic amines) is 1. The molecule has 3 unspecified atom stereocenters. The number of β-amino-alcohol motifs (C(OH)–C–C–N with tert-alkyl or cyclic N) is 1. The highest BCUT2D eigenvalue weighted by atomic mass is 16.5. The Bertz CT molecular complexity index is 215. The lowest BCUT2D eigenvalue weighted by atomic mass is 10.1. The van der Waals surface area contributed by atoms with Crippen LogP contribution in [0.15, 0.2) is 0 Å². The first-order valence-corrected chi connectivity index (χ1v) is 6.77. The molecule has 0 aromatic heterocycles. The molecule has 1 saturated heterocycles. The number of aliphatic hydroxyl groups is 2. The largest absolute Gasteiger partial charge is 0.396 e. The van der Waals surface area contributed by atoms with Crippen molar-refractivity contribution in [2.75, 3.05) is 46.6 Å². The van der Waals surface area contributed by atoms with Crippen LogP contribution < -0.4 is 0 Å². The third kappa shape index (κ3) is 6.11. The Morgan fingerprint density at radius 3 is 2.83 bits per heavy atom. The molecule has 0 radical (unpaired) electrons. The van der Waals surface area contributed by atoms with Crippen LogP contribution in [-0.4, -0.2) is 73.9 Å². The predicted molar refractivity (Wildman–Crippen MR) is 69.5 cm³/mol. The maximum Gasteiger partial charge on any atom is 0.0900 e. The molecule has 18 heavy (non-hydrogen) atoms. The highest BCUT2D eigenvalue weighted by Crippen LogP contribution is 2.19. The lowest BCUT2D eigenvalue weighted by Crippen LogP contribution is -2.34. The summed E-state index contributed by atoms with van der Waals surface area (Å²) in [6.07, 6.45) is 1.56. The van der Waals surface area contributed by atoms with Crippen LogP contribution >= 0.6 is 0 Å². The third-order valence-corrected chi connectivity index (χ3v) is 3.35. The molecule has 1 fully saturated rings. The van der Waals surface area contributed by atoms with Gasteiger partial charge in [0.1, 0.15) is 0 Å². The molecule has 0 aromatic rings. The predicted octanol–water partition coefficient (Wildman–Crippen LogP) is 0.103. The van der Waals surface area contributed by atoms with Gasteiger partial charge in [-0.3, -0.25) is 0 Å². The highest BCUT2D eigenvalue weighted by molar-refractivity contribution is 4.77. The van der Waals surface area contributed by atoms with Gasteiger partial charge in [0.25, 0.3) is 0 Å². The summed E-state index contributed by atoms with van der Waals surface area (Å²) in [7, 11) is 1.64. The van der Waals surface area contributed by atoms with Gasteiger partial charge in [-0.05, 0) is 32.2 Å². The molecule has 0 saturated carbocycles. The summed E-state index contributed by atoms with van der Waals surface area (Å²) in [4.78, 5) is 2.25. The quantitative estimate of drug-likeness (QED) is 0.616. The van der Waals surface area contributed by atoms with Crippen LogP contribution in [0.2, 0.25) is 0 Å². The summed E-state index contributed by atoms with van der Waals surface area (Å²) in [5.41, 5.74) is 0. The Hall–Kier alpha value is -0.200. The van der Waals surface area contributed by atoms with E-state index in [9.17, 15) is 5.11 Å². The van der Waals surface area contributed by atoms with Crippen molar-refractivity contribution >= 4 is 0 Å². The molecule has 0 aromatic carbocycles. The molecule has 0 spiro atoms. The molecule has 108 valence electrons. The second-order valence-electron chi connectivity index (χ2n) is 5.18. The standard InChI is InChI=1S/C13H27NO4/c1-11(9-17-2)18-10-13(16)8-14-5-3-12(7-14)4-6-15/h11-13,15-16H,3-10H2,1-2H3. The topological polar surface area (TPSA) is 62.2 Å². The fourth-order valence-corrected chi connectivity index (χ4v) is 2.41. The Balaban J connectivity index is 2.11. The van der Waals surface area contributed by atoms with E-state index in [1.165, 1.54) is 0 Å². The van der Waals surface area contributed by atoms with E-state index in [1.807, 2.05) is 6.92 Å². The maximum atomic E-state index is 9.89. The van der Waals surface area contributed by atoms with Gasteiger partial charge < -0.3 is 24.6 Å². The Morgan fingerprint density at radius 1 is 1.39 bits per heavy atom. The van der Waals surface area contributed by atoms with Crippen LogP contribution in [-0.2, 0) is 9.47 Å². The van der Waals surface area contributed by atoms with Gasteiger partial charge in [-0.15, -0.1) is 0 Å². The van der Waals surface area contributed by atoms with Crippen molar-refractivity contribution in [1.82, 2.24) is 4.90 Å². The van der Waals surface area contributed by atoms with Crippen LogP contribution in [0.1, 0.15) is 19.8 Å². The van der Waals surface area contributed by atoms with E-state index in [-0.39, 0.29) is 12.7 Å². The Kier molecular flexibility index (Phi) is 7.77. The molecule has 1 rings (SSSR count). The molecule has 0 bridgehead atoms. The van der Waals surface area contributed by atoms with Crippen LogP contribution in [0.4, 0.5) is 0 Å². The molecule has 0 aliphatic carbocycles. The first-order valence-electron chi connectivity index (χ1n) is 6.77. The van der Waals surface area contributed by atoms with Gasteiger partial charge in [-0.2, -0.15) is 0 Å². The lowest BCUT2D eigenvalue weighted by molar-refractivity contribution is -0.0384. The average molecular weight is 261 g/mol. The van der Waals surface area contributed by atoms with E-state index in [0.717, 1.165) is 25.9 Å². The van der Waals surface area contributed by atoms with Gasteiger partial charge in [0, 0.05) is 26.8 Å². The van der Waals surface area contributed by atoms with Gasteiger partial charge in [0.15, 0.2) is 0 Å². The lowest BCUT2D eigenvalue weighted by Gasteiger charge is -2.21. The number of hydrogen-bond acceptors (Lipinski definition) is 5. The first kappa shape index (κ1) is 15.9. The van der Waals surface area contributed by atoms with Gasteiger partial charge in [-0.1, -0.05) is 0 Å². The van der Waals surface area contributed by atoms with E-state index in [0.29, 0.717) is 25.7 Å². The van der Waals surface area contributed by atoms with Crippen LogP contribution in [0.25, 0.3) is 0 Å². The average Bonchev–Trinajstić information content (AvgIpc) is 2.75. The van der Waals surface area contributed by atoms with Crippen LogP contribution in [0.5, 0.6) is 0 Å². The molecule has 5 heteroatoms. The van der Waals surface area contributed by atoms with Crippen molar-refractivity contribution in [3.63, 3.8) is 0 Å². The molecule has 5 nitrogen and oxygen atoms in total. The fourth-order valence-electron chi connectivity index (χ4n) is 2.41. The van der Waals surface area contributed by atoms with Crippen molar-refractivity contribution < 1.29 is 19.7 Å². The van der Waals surface area contributed by atoms with Crippen molar-refractivity contribution in [3.05, 3.63) is 0 Å². The van der Waals surface area contributed by atoms with Crippen LogP contribution in [0.3, 0.4) is 0 Å². The summed E-state index contributed by atoms with van der Waals surface area (Å²) >= 11 is 0. The summed E-state index contributed by atoms with van der Waals surface area (Å²) in [5, 5.41) is 18.8. The normalized spacial score (nSPS) is 24.3.